The lowest BCUT2D eigenvalue weighted by atomic mass is 9.94. The first-order valence-electron chi connectivity index (χ1n) is 9.06. The number of rotatable bonds is 5. The molecule has 0 aliphatic carbocycles. The third-order valence-electron chi connectivity index (χ3n) is 4.70. The van der Waals surface area contributed by atoms with Crippen LogP contribution in [-0.4, -0.2) is 52.2 Å². The lowest BCUT2D eigenvalue weighted by molar-refractivity contribution is -0.139. The summed E-state index contributed by atoms with van der Waals surface area (Å²) in [6.07, 6.45) is 1.47. The number of benzene rings is 1. The molecule has 0 N–H and O–H groups in total. The van der Waals surface area contributed by atoms with E-state index < -0.39 is 5.41 Å². The van der Waals surface area contributed by atoms with E-state index in [2.05, 4.69) is 14.3 Å². The Labute approximate surface area is 168 Å². The predicted octanol–water partition coefficient (Wildman–Crippen LogP) is 3.57. The molecule has 1 amide bonds. The Balaban J connectivity index is 1.62. The highest BCUT2D eigenvalue weighted by Crippen LogP contribution is 2.24. The largest absolute Gasteiger partial charge is 0.345 e. The van der Waals surface area contributed by atoms with Crippen molar-refractivity contribution in [1.82, 2.24) is 14.3 Å². The molecule has 0 bridgehead atoms. The summed E-state index contributed by atoms with van der Waals surface area (Å²) in [5.41, 5.74) is 0.443. The predicted molar refractivity (Wildman–Crippen MR) is 107 cm³/mol. The van der Waals surface area contributed by atoms with E-state index in [-0.39, 0.29) is 11.7 Å². The van der Waals surface area contributed by atoms with Gasteiger partial charge in [0, 0.05) is 50.0 Å². The zero-order valence-corrected chi connectivity index (χ0v) is 17.2. The summed E-state index contributed by atoms with van der Waals surface area (Å²) < 4.78 is 17.5. The van der Waals surface area contributed by atoms with Gasteiger partial charge in [0.2, 0.25) is 11.0 Å². The number of aromatic nitrogens is 2. The Bertz CT molecular complexity index is 780. The van der Waals surface area contributed by atoms with Gasteiger partial charge < -0.3 is 9.80 Å². The van der Waals surface area contributed by atoms with Gasteiger partial charge in [-0.25, -0.2) is 9.37 Å². The Kier molecular flexibility index (Phi) is 6.32. The third-order valence-corrected chi connectivity index (χ3v) is 6.18. The van der Waals surface area contributed by atoms with Crippen LogP contribution >= 0.6 is 23.1 Å². The fourth-order valence-corrected chi connectivity index (χ4v) is 3.88. The molecule has 5 nitrogen and oxygen atoms in total. The average Bonchev–Trinajstić information content (AvgIpc) is 2.98. The lowest BCUT2D eigenvalue weighted by Crippen LogP contribution is -2.43. The summed E-state index contributed by atoms with van der Waals surface area (Å²) in [7, 11) is 0. The highest BCUT2D eigenvalue weighted by Gasteiger charge is 2.32. The molecule has 2 heterocycles. The van der Waals surface area contributed by atoms with Crippen LogP contribution in [0.5, 0.6) is 0 Å². The van der Waals surface area contributed by atoms with Crippen LogP contribution in [0.1, 0.15) is 31.7 Å². The SMILES string of the molecule is CC(C)(CCl)C(=O)N1CCCN(c2nc(Cc3ccc(F)cc3)ns2)CC1. The standard InChI is InChI=1S/C19H24ClFN4OS/c1-19(2,13-20)17(26)24-8-3-9-25(11-10-24)18-22-16(23-27-18)12-14-4-6-15(21)7-5-14/h4-7H,3,8-13H2,1-2H3. The van der Waals surface area contributed by atoms with Crippen LogP contribution in [0.3, 0.4) is 0 Å². The fraction of sp³-hybridized carbons (Fsp3) is 0.526. The Morgan fingerprint density at radius 3 is 2.67 bits per heavy atom. The molecule has 0 spiro atoms. The maximum Gasteiger partial charge on any atom is 0.229 e. The molecule has 1 fully saturated rings. The molecule has 0 radical (unpaired) electrons. The molecule has 1 aromatic heterocycles. The number of halogens is 2. The smallest absolute Gasteiger partial charge is 0.229 e. The first kappa shape index (κ1) is 20.0. The lowest BCUT2D eigenvalue weighted by Gasteiger charge is -2.29. The van der Waals surface area contributed by atoms with Crippen molar-refractivity contribution >= 4 is 34.2 Å². The van der Waals surface area contributed by atoms with Crippen molar-refractivity contribution in [3.05, 3.63) is 41.5 Å². The van der Waals surface area contributed by atoms with E-state index in [4.69, 9.17) is 11.6 Å². The first-order chi connectivity index (χ1) is 12.9. The zero-order valence-electron chi connectivity index (χ0n) is 15.6. The highest BCUT2D eigenvalue weighted by molar-refractivity contribution is 7.09. The van der Waals surface area contributed by atoms with Crippen LogP contribution in [0.2, 0.25) is 0 Å². The van der Waals surface area contributed by atoms with E-state index in [1.165, 1.54) is 23.7 Å². The minimum Gasteiger partial charge on any atom is -0.345 e. The van der Waals surface area contributed by atoms with Crippen LogP contribution < -0.4 is 4.90 Å². The molecule has 1 aliphatic rings. The molecular weight excluding hydrogens is 387 g/mol. The van der Waals surface area contributed by atoms with Crippen molar-refractivity contribution < 1.29 is 9.18 Å². The average molecular weight is 411 g/mol. The van der Waals surface area contributed by atoms with E-state index in [1.54, 1.807) is 12.1 Å². The van der Waals surface area contributed by atoms with Crippen LogP contribution in [0.15, 0.2) is 24.3 Å². The van der Waals surface area contributed by atoms with Crippen LogP contribution in [0.4, 0.5) is 9.52 Å². The molecule has 8 heteroatoms. The Morgan fingerprint density at radius 2 is 1.96 bits per heavy atom. The van der Waals surface area contributed by atoms with Crippen molar-refractivity contribution in [2.45, 2.75) is 26.7 Å². The van der Waals surface area contributed by atoms with Gasteiger partial charge in [-0.1, -0.05) is 12.1 Å². The molecule has 0 unspecified atom stereocenters. The minimum atomic E-state index is -0.540. The van der Waals surface area contributed by atoms with E-state index in [1.807, 2.05) is 18.7 Å². The second-order valence-electron chi connectivity index (χ2n) is 7.45. The molecule has 1 saturated heterocycles. The van der Waals surface area contributed by atoms with Gasteiger partial charge >= 0.3 is 0 Å². The summed E-state index contributed by atoms with van der Waals surface area (Å²) in [4.78, 5) is 21.4. The van der Waals surface area contributed by atoms with Gasteiger partial charge in [0.15, 0.2) is 0 Å². The van der Waals surface area contributed by atoms with Crippen LogP contribution in [0, 0.1) is 11.2 Å². The highest BCUT2D eigenvalue weighted by atomic mass is 35.5. The third kappa shape index (κ3) is 4.96. The zero-order chi connectivity index (χ0) is 19.4. The monoisotopic (exact) mass is 410 g/mol. The van der Waals surface area contributed by atoms with E-state index in [9.17, 15) is 9.18 Å². The fourth-order valence-electron chi connectivity index (χ4n) is 3.03. The molecule has 0 saturated carbocycles. The summed E-state index contributed by atoms with van der Waals surface area (Å²) in [5, 5.41) is 0.873. The van der Waals surface area contributed by atoms with Crippen molar-refractivity contribution in [3.63, 3.8) is 0 Å². The molecule has 146 valence electrons. The van der Waals surface area contributed by atoms with Gasteiger partial charge in [-0.15, -0.1) is 11.6 Å². The molecule has 1 aromatic carbocycles. The molecule has 27 heavy (non-hydrogen) atoms. The summed E-state index contributed by atoms with van der Waals surface area (Å²) >= 11 is 7.33. The summed E-state index contributed by atoms with van der Waals surface area (Å²) in [6.45, 7) is 6.74. The number of carbonyl (C=O) groups excluding carboxylic acids is 1. The van der Waals surface area contributed by atoms with E-state index >= 15 is 0 Å². The van der Waals surface area contributed by atoms with Crippen LogP contribution in [0.25, 0.3) is 0 Å². The van der Waals surface area contributed by atoms with Gasteiger partial charge in [-0.05, 0) is 38.0 Å². The maximum atomic E-state index is 13.0. The normalized spacial score (nSPS) is 15.7. The summed E-state index contributed by atoms with van der Waals surface area (Å²) in [5.74, 6) is 0.914. The number of anilines is 1. The first-order valence-corrected chi connectivity index (χ1v) is 10.4. The number of nitrogens with zero attached hydrogens (tertiary/aromatic N) is 4. The molecule has 3 rings (SSSR count). The molecule has 0 atom stereocenters. The number of carbonyl (C=O) groups is 1. The van der Waals surface area contributed by atoms with Gasteiger partial charge in [0.05, 0.1) is 5.41 Å². The van der Waals surface area contributed by atoms with Crippen molar-refractivity contribution in [1.29, 1.82) is 0 Å². The second kappa shape index (κ2) is 8.52. The minimum absolute atomic E-state index is 0.105. The molecular formula is C19H24ClFN4OS. The Hall–Kier alpha value is -1.73. The van der Waals surface area contributed by atoms with E-state index in [0.29, 0.717) is 18.8 Å². The number of hydrogen-bond acceptors (Lipinski definition) is 5. The quantitative estimate of drug-likeness (QED) is 0.707. The van der Waals surface area contributed by atoms with Crippen LogP contribution in [-0.2, 0) is 11.2 Å². The molecule has 2 aromatic rings. The van der Waals surface area contributed by atoms with Gasteiger partial charge in [-0.2, -0.15) is 4.37 Å². The van der Waals surface area contributed by atoms with Crippen molar-refractivity contribution in [2.75, 3.05) is 37.0 Å². The van der Waals surface area contributed by atoms with Gasteiger partial charge in [0.1, 0.15) is 11.6 Å². The summed E-state index contributed by atoms with van der Waals surface area (Å²) in [6, 6.07) is 6.41. The molecule has 1 aliphatic heterocycles. The topological polar surface area (TPSA) is 49.3 Å². The number of alkyl halides is 1. The van der Waals surface area contributed by atoms with Gasteiger partial charge in [-0.3, -0.25) is 4.79 Å². The van der Waals surface area contributed by atoms with Crippen molar-refractivity contribution in [2.24, 2.45) is 5.41 Å². The number of amides is 1. The second-order valence-corrected chi connectivity index (χ2v) is 8.44. The maximum absolute atomic E-state index is 13.0. The number of hydrogen-bond donors (Lipinski definition) is 0. The van der Waals surface area contributed by atoms with Crippen molar-refractivity contribution in [3.8, 4) is 0 Å². The van der Waals surface area contributed by atoms with Gasteiger partial charge in [0.25, 0.3) is 0 Å². The van der Waals surface area contributed by atoms with E-state index in [0.717, 1.165) is 42.6 Å². The Morgan fingerprint density at radius 1 is 1.22 bits per heavy atom.